The van der Waals surface area contributed by atoms with Crippen molar-refractivity contribution < 1.29 is 22.7 Å². The minimum absolute atomic E-state index is 0.0317. The van der Waals surface area contributed by atoms with Crippen LogP contribution < -0.4 is 14.8 Å². The number of carbonyl (C=O) groups excluding carboxylic acids is 1. The number of rotatable bonds is 9. The normalized spacial score (nSPS) is 16.0. The maximum atomic E-state index is 12.2. The minimum Gasteiger partial charge on any atom is -0.493 e. The number of nitrogens with zero attached hydrogens (tertiary/aromatic N) is 1. The van der Waals surface area contributed by atoms with Crippen LogP contribution in [0.5, 0.6) is 11.5 Å². The molecule has 0 radical (unpaired) electrons. The van der Waals surface area contributed by atoms with Crippen molar-refractivity contribution in [2.75, 3.05) is 33.1 Å². The average molecular weight is 399 g/mol. The van der Waals surface area contributed by atoms with Gasteiger partial charge in [-0.1, -0.05) is 37.8 Å². The number of benzene rings is 1. The smallest absolute Gasteiger partial charge is 0.257 e. The molecule has 1 N–H and O–H groups in total. The van der Waals surface area contributed by atoms with Gasteiger partial charge in [-0.3, -0.25) is 4.79 Å². The summed E-state index contributed by atoms with van der Waals surface area (Å²) < 4.78 is 36.5. The van der Waals surface area contributed by atoms with Gasteiger partial charge in [-0.05, 0) is 25.0 Å². The largest absolute Gasteiger partial charge is 0.493 e. The first-order valence-corrected chi connectivity index (χ1v) is 11.3. The van der Waals surface area contributed by atoms with Gasteiger partial charge in [0, 0.05) is 19.1 Å². The summed E-state index contributed by atoms with van der Waals surface area (Å²) in [7, 11) is -1.77. The number of ether oxygens (including phenoxy) is 2. The molecule has 2 rings (SSSR count). The van der Waals surface area contributed by atoms with Crippen LogP contribution >= 0.6 is 0 Å². The van der Waals surface area contributed by atoms with E-state index in [1.807, 2.05) is 6.07 Å². The van der Waals surface area contributed by atoms with Crippen molar-refractivity contribution in [2.24, 2.45) is 0 Å². The molecular formula is C19H30N2O5S. The summed E-state index contributed by atoms with van der Waals surface area (Å²) in [5.41, 5.74) is 0. The average Bonchev–Trinajstić information content (AvgIpc) is 2.91. The molecule has 1 aromatic carbocycles. The van der Waals surface area contributed by atoms with Crippen LogP contribution in [0, 0.1) is 0 Å². The lowest BCUT2D eigenvalue weighted by Gasteiger charge is -2.29. The van der Waals surface area contributed by atoms with Crippen molar-refractivity contribution in [3.8, 4) is 11.5 Å². The van der Waals surface area contributed by atoms with Gasteiger partial charge in [0.25, 0.3) is 5.91 Å². The van der Waals surface area contributed by atoms with Crippen LogP contribution in [-0.4, -0.2) is 57.7 Å². The molecule has 8 heteroatoms. The quantitative estimate of drug-likeness (QED) is 0.645. The van der Waals surface area contributed by atoms with Gasteiger partial charge in [0.1, 0.15) is 0 Å². The molecular weight excluding hydrogens is 368 g/mol. The van der Waals surface area contributed by atoms with Gasteiger partial charge in [-0.2, -0.15) is 4.31 Å². The maximum absolute atomic E-state index is 12.2. The Morgan fingerprint density at radius 1 is 1.15 bits per heavy atom. The van der Waals surface area contributed by atoms with Gasteiger partial charge in [0.05, 0.1) is 13.4 Å². The molecule has 1 amide bonds. The number of carbonyl (C=O) groups is 1. The molecule has 1 aliphatic rings. The Balaban J connectivity index is 1.82. The molecule has 1 aromatic rings. The first kappa shape index (κ1) is 21.5. The summed E-state index contributed by atoms with van der Waals surface area (Å²) in [6.07, 6.45) is 7.43. The third-order valence-corrected chi connectivity index (χ3v) is 6.07. The lowest BCUT2D eigenvalue weighted by atomic mass is 10.1. The SMILES string of the molecule is COc1ccccc1OCC(=O)NCCN(C1CCCCCC1)S(C)(=O)=O. The Kier molecular flexibility index (Phi) is 8.37. The van der Waals surface area contributed by atoms with E-state index in [1.54, 1.807) is 22.5 Å². The fraction of sp³-hybridized carbons (Fsp3) is 0.632. The van der Waals surface area contributed by atoms with Crippen LogP contribution in [0.4, 0.5) is 0 Å². The molecule has 0 spiro atoms. The Morgan fingerprint density at radius 2 is 1.78 bits per heavy atom. The molecule has 0 aromatic heterocycles. The second kappa shape index (κ2) is 10.5. The van der Waals surface area contributed by atoms with Gasteiger partial charge in [0.2, 0.25) is 10.0 Å². The molecule has 152 valence electrons. The molecule has 1 saturated carbocycles. The predicted molar refractivity (Wildman–Crippen MR) is 105 cm³/mol. The van der Waals surface area contributed by atoms with Gasteiger partial charge >= 0.3 is 0 Å². The van der Waals surface area contributed by atoms with E-state index in [1.165, 1.54) is 13.4 Å². The van der Waals surface area contributed by atoms with Gasteiger partial charge < -0.3 is 14.8 Å². The van der Waals surface area contributed by atoms with Crippen molar-refractivity contribution in [2.45, 2.75) is 44.6 Å². The van der Waals surface area contributed by atoms with Gasteiger partial charge in [0.15, 0.2) is 18.1 Å². The highest BCUT2D eigenvalue weighted by Gasteiger charge is 2.27. The fourth-order valence-electron chi connectivity index (χ4n) is 3.40. The molecule has 27 heavy (non-hydrogen) atoms. The van der Waals surface area contributed by atoms with Crippen LogP contribution in [-0.2, 0) is 14.8 Å². The number of hydrogen-bond acceptors (Lipinski definition) is 5. The molecule has 0 saturated heterocycles. The summed E-state index contributed by atoms with van der Waals surface area (Å²) in [5, 5.41) is 2.74. The van der Waals surface area contributed by atoms with Crippen LogP contribution in [0.25, 0.3) is 0 Å². The summed E-state index contributed by atoms with van der Waals surface area (Å²) in [4.78, 5) is 12.0. The Bertz CT molecular complexity index is 700. The predicted octanol–water partition coefficient (Wildman–Crippen LogP) is 2.17. The highest BCUT2D eigenvalue weighted by molar-refractivity contribution is 7.88. The summed E-state index contributed by atoms with van der Waals surface area (Å²) in [5.74, 6) is 0.753. The zero-order chi connectivity index (χ0) is 19.7. The first-order chi connectivity index (χ1) is 12.9. The van der Waals surface area contributed by atoms with E-state index in [4.69, 9.17) is 9.47 Å². The third-order valence-electron chi connectivity index (χ3n) is 4.74. The van der Waals surface area contributed by atoms with E-state index in [0.717, 1.165) is 38.5 Å². The van der Waals surface area contributed by atoms with Crippen molar-refractivity contribution in [3.05, 3.63) is 24.3 Å². The Morgan fingerprint density at radius 3 is 2.37 bits per heavy atom. The number of amides is 1. The summed E-state index contributed by atoms with van der Waals surface area (Å²) >= 11 is 0. The molecule has 0 heterocycles. The summed E-state index contributed by atoms with van der Waals surface area (Å²) in [6, 6.07) is 7.13. The van der Waals surface area contributed by atoms with E-state index < -0.39 is 10.0 Å². The van der Waals surface area contributed by atoms with E-state index in [9.17, 15) is 13.2 Å². The molecule has 0 bridgehead atoms. The Labute approximate surface area is 162 Å². The standard InChI is InChI=1S/C19H30N2O5S/c1-25-17-11-7-8-12-18(17)26-15-19(22)20-13-14-21(27(2,23)24)16-9-5-3-4-6-10-16/h7-8,11-12,16H,3-6,9-10,13-15H2,1-2H3,(H,20,22). The highest BCUT2D eigenvalue weighted by atomic mass is 32.2. The van der Waals surface area contributed by atoms with E-state index in [-0.39, 0.29) is 31.6 Å². The minimum atomic E-state index is -3.31. The third kappa shape index (κ3) is 7.03. The molecule has 1 aliphatic carbocycles. The van der Waals surface area contributed by atoms with E-state index in [2.05, 4.69) is 5.32 Å². The van der Waals surface area contributed by atoms with Crippen molar-refractivity contribution in [3.63, 3.8) is 0 Å². The second-order valence-corrected chi connectivity index (χ2v) is 8.74. The lowest BCUT2D eigenvalue weighted by molar-refractivity contribution is -0.123. The first-order valence-electron chi connectivity index (χ1n) is 9.41. The number of methoxy groups -OCH3 is 1. The topological polar surface area (TPSA) is 84.9 Å². The van der Waals surface area contributed by atoms with E-state index >= 15 is 0 Å². The lowest BCUT2D eigenvalue weighted by Crippen LogP contribution is -2.44. The van der Waals surface area contributed by atoms with Crippen LogP contribution in [0.2, 0.25) is 0 Å². The molecule has 7 nitrogen and oxygen atoms in total. The van der Waals surface area contributed by atoms with Crippen molar-refractivity contribution in [1.82, 2.24) is 9.62 Å². The highest BCUT2D eigenvalue weighted by Crippen LogP contribution is 2.25. The number of hydrogen-bond donors (Lipinski definition) is 1. The number of nitrogens with one attached hydrogen (secondary N) is 1. The van der Waals surface area contributed by atoms with Gasteiger partial charge in [-0.25, -0.2) is 8.42 Å². The molecule has 0 unspecified atom stereocenters. The number of para-hydroxylation sites is 2. The molecule has 1 fully saturated rings. The number of sulfonamides is 1. The van der Waals surface area contributed by atoms with E-state index in [0.29, 0.717) is 11.5 Å². The monoisotopic (exact) mass is 398 g/mol. The molecule has 0 atom stereocenters. The fourth-order valence-corrected chi connectivity index (χ4v) is 4.58. The van der Waals surface area contributed by atoms with Crippen LogP contribution in [0.15, 0.2) is 24.3 Å². The molecule has 0 aliphatic heterocycles. The zero-order valence-corrected chi connectivity index (χ0v) is 17.0. The summed E-state index contributed by atoms with van der Waals surface area (Å²) in [6.45, 7) is 0.393. The van der Waals surface area contributed by atoms with Crippen LogP contribution in [0.3, 0.4) is 0 Å². The maximum Gasteiger partial charge on any atom is 0.257 e. The Hall–Kier alpha value is -1.80. The zero-order valence-electron chi connectivity index (χ0n) is 16.1. The van der Waals surface area contributed by atoms with Gasteiger partial charge in [-0.15, -0.1) is 0 Å². The second-order valence-electron chi connectivity index (χ2n) is 6.81. The van der Waals surface area contributed by atoms with Crippen molar-refractivity contribution in [1.29, 1.82) is 0 Å². The van der Waals surface area contributed by atoms with Crippen molar-refractivity contribution >= 4 is 15.9 Å². The van der Waals surface area contributed by atoms with Crippen LogP contribution in [0.1, 0.15) is 38.5 Å².